The van der Waals surface area contributed by atoms with Gasteiger partial charge >= 0.3 is 0 Å². The first-order valence-electron chi connectivity index (χ1n) is 9.80. The van der Waals surface area contributed by atoms with Gasteiger partial charge in [0.15, 0.2) is 0 Å². The molecule has 1 N–H and O–H groups in total. The number of nitrogens with zero attached hydrogens (tertiary/aromatic N) is 3. The maximum Gasteiger partial charge on any atom is 0.254 e. The van der Waals surface area contributed by atoms with Gasteiger partial charge in [-0.05, 0) is 42.5 Å². The van der Waals surface area contributed by atoms with Crippen LogP contribution in [-0.2, 0) is 10.0 Å². The van der Waals surface area contributed by atoms with Crippen molar-refractivity contribution in [1.82, 2.24) is 9.21 Å². The molecule has 0 bridgehead atoms. The Labute approximate surface area is 172 Å². The van der Waals surface area contributed by atoms with E-state index in [0.717, 1.165) is 5.69 Å². The van der Waals surface area contributed by atoms with E-state index >= 15 is 0 Å². The molecular formula is C21H27N3O4S. The van der Waals surface area contributed by atoms with E-state index in [4.69, 9.17) is 0 Å². The van der Waals surface area contributed by atoms with Crippen LogP contribution in [-0.4, -0.2) is 67.9 Å². The molecule has 29 heavy (non-hydrogen) atoms. The maximum absolute atomic E-state index is 12.9. The topological polar surface area (TPSA) is 81.2 Å². The summed E-state index contributed by atoms with van der Waals surface area (Å²) in [6.07, 6.45) is 0. The van der Waals surface area contributed by atoms with Crippen LogP contribution in [0, 0.1) is 0 Å². The van der Waals surface area contributed by atoms with Crippen LogP contribution in [0.5, 0.6) is 5.75 Å². The van der Waals surface area contributed by atoms with E-state index in [1.54, 1.807) is 43.0 Å². The van der Waals surface area contributed by atoms with Gasteiger partial charge in [-0.15, -0.1) is 0 Å². The Kier molecular flexibility index (Phi) is 6.44. The van der Waals surface area contributed by atoms with Gasteiger partial charge in [0.25, 0.3) is 5.91 Å². The molecule has 8 heteroatoms. The molecule has 1 aliphatic heterocycles. The first-order valence-corrected chi connectivity index (χ1v) is 11.2. The summed E-state index contributed by atoms with van der Waals surface area (Å²) in [6, 6.07) is 13.3. The van der Waals surface area contributed by atoms with Crippen LogP contribution in [0.15, 0.2) is 53.4 Å². The van der Waals surface area contributed by atoms with Crippen LogP contribution < -0.4 is 4.90 Å². The summed E-state index contributed by atoms with van der Waals surface area (Å²) in [6.45, 7) is 6.81. The second-order valence-corrected chi connectivity index (χ2v) is 8.85. The van der Waals surface area contributed by atoms with Crippen molar-refractivity contribution in [1.29, 1.82) is 0 Å². The lowest BCUT2D eigenvalue weighted by Crippen LogP contribution is -2.48. The Bertz CT molecular complexity index is 948. The number of carbonyl (C=O) groups is 1. The highest BCUT2D eigenvalue weighted by molar-refractivity contribution is 7.89. The van der Waals surface area contributed by atoms with Crippen molar-refractivity contribution < 1.29 is 18.3 Å². The highest BCUT2D eigenvalue weighted by Gasteiger charge is 2.25. The number of phenols is 1. The fourth-order valence-corrected chi connectivity index (χ4v) is 5.02. The number of benzene rings is 2. The van der Waals surface area contributed by atoms with Gasteiger partial charge in [-0.3, -0.25) is 4.79 Å². The van der Waals surface area contributed by atoms with Crippen LogP contribution in [0.3, 0.4) is 0 Å². The predicted octanol–water partition coefficient (Wildman–Crippen LogP) is 2.39. The van der Waals surface area contributed by atoms with Crippen molar-refractivity contribution >= 4 is 21.6 Å². The molecular weight excluding hydrogens is 390 g/mol. The molecule has 1 saturated heterocycles. The maximum atomic E-state index is 12.9. The Morgan fingerprint density at radius 3 is 2.21 bits per heavy atom. The quantitative estimate of drug-likeness (QED) is 0.781. The van der Waals surface area contributed by atoms with Crippen molar-refractivity contribution in [3.05, 3.63) is 54.1 Å². The first-order chi connectivity index (χ1) is 13.9. The van der Waals surface area contributed by atoms with Crippen LogP contribution in [0.1, 0.15) is 24.2 Å². The molecule has 2 aromatic rings. The van der Waals surface area contributed by atoms with Crippen molar-refractivity contribution in [3.63, 3.8) is 0 Å². The molecule has 1 fully saturated rings. The average molecular weight is 418 g/mol. The molecule has 0 atom stereocenters. The van der Waals surface area contributed by atoms with E-state index in [9.17, 15) is 18.3 Å². The first kappa shape index (κ1) is 21.1. The van der Waals surface area contributed by atoms with Gasteiger partial charge < -0.3 is 14.9 Å². The third-order valence-electron chi connectivity index (χ3n) is 5.21. The molecule has 2 aromatic carbocycles. The number of rotatable bonds is 6. The summed E-state index contributed by atoms with van der Waals surface area (Å²) in [7, 11) is -3.60. The minimum Gasteiger partial charge on any atom is -0.508 e. The second-order valence-electron chi connectivity index (χ2n) is 6.91. The van der Waals surface area contributed by atoms with E-state index < -0.39 is 10.0 Å². The SMILES string of the molecule is CCN(CC)S(=O)(=O)c1cccc(C(=O)N2CCN(c3ccc(O)cc3)CC2)c1. The van der Waals surface area contributed by atoms with Crippen LogP contribution in [0.25, 0.3) is 0 Å². The lowest BCUT2D eigenvalue weighted by molar-refractivity contribution is 0.0746. The summed E-state index contributed by atoms with van der Waals surface area (Å²) < 4.78 is 26.9. The zero-order valence-electron chi connectivity index (χ0n) is 16.8. The second kappa shape index (κ2) is 8.84. The fraction of sp³-hybridized carbons (Fsp3) is 0.381. The smallest absolute Gasteiger partial charge is 0.254 e. The van der Waals surface area contributed by atoms with E-state index in [1.807, 2.05) is 12.1 Å². The van der Waals surface area contributed by atoms with Gasteiger partial charge in [-0.2, -0.15) is 4.31 Å². The zero-order chi connectivity index (χ0) is 21.0. The molecule has 0 aromatic heterocycles. The Morgan fingerprint density at radius 2 is 1.62 bits per heavy atom. The Morgan fingerprint density at radius 1 is 1.00 bits per heavy atom. The number of piperazine rings is 1. The number of phenolic OH excluding ortho intramolecular Hbond substituents is 1. The van der Waals surface area contributed by atoms with Crippen molar-refractivity contribution in [3.8, 4) is 5.75 Å². The van der Waals surface area contributed by atoms with Crippen molar-refractivity contribution in [2.24, 2.45) is 0 Å². The Hall–Kier alpha value is -2.58. The van der Waals surface area contributed by atoms with Gasteiger partial charge in [0.1, 0.15) is 5.75 Å². The van der Waals surface area contributed by atoms with Crippen LogP contribution in [0.2, 0.25) is 0 Å². The fourth-order valence-electron chi connectivity index (χ4n) is 3.52. The monoisotopic (exact) mass is 417 g/mol. The number of hydrogen-bond acceptors (Lipinski definition) is 5. The minimum atomic E-state index is -3.60. The van der Waals surface area contributed by atoms with Crippen molar-refractivity contribution in [2.45, 2.75) is 18.7 Å². The minimum absolute atomic E-state index is 0.148. The van der Waals surface area contributed by atoms with E-state index in [2.05, 4.69) is 4.90 Å². The normalized spacial score (nSPS) is 15.0. The number of anilines is 1. The van der Waals surface area contributed by atoms with Gasteiger partial charge in [-0.1, -0.05) is 19.9 Å². The molecule has 0 radical (unpaired) electrons. The molecule has 156 valence electrons. The lowest BCUT2D eigenvalue weighted by Gasteiger charge is -2.36. The molecule has 0 saturated carbocycles. The van der Waals surface area contributed by atoms with Crippen molar-refractivity contribution in [2.75, 3.05) is 44.2 Å². The molecule has 0 aliphatic carbocycles. The molecule has 7 nitrogen and oxygen atoms in total. The summed E-state index contributed by atoms with van der Waals surface area (Å²) in [5, 5.41) is 9.42. The zero-order valence-corrected chi connectivity index (χ0v) is 17.6. The summed E-state index contributed by atoms with van der Waals surface area (Å²) >= 11 is 0. The number of amides is 1. The van der Waals surface area contributed by atoms with E-state index in [-0.39, 0.29) is 16.6 Å². The highest BCUT2D eigenvalue weighted by atomic mass is 32.2. The number of carbonyl (C=O) groups excluding carboxylic acids is 1. The van der Waals surface area contributed by atoms with Crippen LogP contribution >= 0.6 is 0 Å². The Balaban J connectivity index is 1.71. The predicted molar refractivity (Wildman–Crippen MR) is 113 cm³/mol. The lowest BCUT2D eigenvalue weighted by atomic mass is 10.1. The van der Waals surface area contributed by atoms with Crippen LogP contribution in [0.4, 0.5) is 5.69 Å². The molecule has 3 rings (SSSR count). The summed E-state index contributed by atoms with van der Waals surface area (Å²) in [4.78, 5) is 17.0. The van der Waals surface area contributed by atoms with Gasteiger partial charge in [-0.25, -0.2) is 8.42 Å². The third-order valence-corrected chi connectivity index (χ3v) is 7.25. The molecule has 0 unspecified atom stereocenters. The molecule has 1 amide bonds. The standard InChI is InChI=1S/C21H27N3O4S/c1-3-24(4-2)29(27,28)20-7-5-6-17(16-20)21(26)23-14-12-22(13-15-23)18-8-10-19(25)11-9-18/h5-11,16,25H,3-4,12-15H2,1-2H3. The summed E-state index contributed by atoms with van der Waals surface area (Å²) in [5.74, 6) is 0.0639. The molecule has 0 spiro atoms. The van der Waals surface area contributed by atoms with Gasteiger partial charge in [0.05, 0.1) is 4.90 Å². The average Bonchev–Trinajstić information content (AvgIpc) is 2.75. The number of aromatic hydroxyl groups is 1. The van der Waals surface area contributed by atoms with E-state index in [1.165, 1.54) is 16.4 Å². The van der Waals surface area contributed by atoms with E-state index in [0.29, 0.717) is 44.8 Å². The molecule has 1 heterocycles. The van der Waals surface area contributed by atoms with Gasteiger partial charge in [0, 0.05) is 50.5 Å². The molecule has 1 aliphatic rings. The number of hydrogen-bond donors (Lipinski definition) is 1. The highest BCUT2D eigenvalue weighted by Crippen LogP contribution is 2.22. The summed E-state index contributed by atoms with van der Waals surface area (Å²) in [5.41, 5.74) is 1.39. The van der Waals surface area contributed by atoms with Gasteiger partial charge in [0.2, 0.25) is 10.0 Å². The largest absolute Gasteiger partial charge is 0.508 e. The number of sulfonamides is 1. The third kappa shape index (κ3) is 4.54.